The van der Waals surface area contributed by atoms with Gasteiger partial charge in [-0.2, -0.15) is 0 Å². The summed E-state index contributed by atoms with van der Waals surface area (Å²) >= 11 is 0. The Balaban J connectivity index is 4.29. The van der Waals surface area contributed by atoms with Gasteiger partial charge >= 0.3 is 6.09 Å². The largest absolute Gasteiger partial charge is 0.444 e. The van der Waals surface area contributed by atoms with Gasteiger partial charge in [-0.15, -0.1) is 0 Å². The van der Waals surface area contributed by atoms with Crippen molar-refractivity contribution in [2.45, 2.75) is 46.3 Å². The monoisotopic (exact) mass is 218 g/mol. The highest BCUT2D eigenvalue weighted by Crippen LogP contribution is 2.11. The van der Waals surface area contributed by atoms with Crippen LogP contribution in [0.25, 0.3) is 0 Å². The molecule has 0 unspecified atom stereocenters. The first-order chi connectivity index (χ1) is 6.78. The molecule has 0 aromatic rings. The van der Waals surface area contributed by atoms with Crippen LogP contribution in [0.1, 0.15) is 34.6 Å². The minimum atomic E-state index is -0.478. The van der Waals surface area contributed by atoms with Crippen molar-refractivity contribution in [2.75, 3.05) is 13.2 Å². The van der Waals surface area contributed by atoms with Gasteiger partial charge in [0.05, 0.1) is 6.61 Å². The maximum absolute atomic E-state index is 11.7. The Kier molecular flexibility index (Phi) is 5.60. The fraction of sp³-hybridized carbons (Fsp3) is 0.900. The first kappa shape index (κ1) is 14.2. The van der Waals surface area contributed by atoms with E-state index in [1.165, 1.54) is 0 Å². The van der Waals surface area contributed by atoms with Crippen molar-refractivity contribution in [3.63, 3.8) is 0 Å². The third-order valence-electron chi connectivity index (χ3n) is 1.70. The predicted octanol–water partition coefficient (Wildman–Crippen LogP) is 1.52. The second-order valence-corrected chi connectivity index (χ2v) is 4.64. The molecule has 1 amide bonds. The van der Waals surface area contributed by atoms with Crippen LogP contribution in [-0.4, -0.2) is 35.8 Å². The quantitative estimate of drug-likeness (QED) is 0.727. The Morgan fingerprint density at radius 3 is 2.27 bits per heavy atom. The van der Waals surface area contributed by atoms with Gasteiger partial charge in [0.25, 0.3) is 0 Å². The van der Waals surface area contributed by atoms with E-state index in [2.05, 4.69) is 4.84 Å². The zero-order valence-electron chi connectivity index (χ0n) is 10.2. The third kappa shape index (κ3) is 6.30. The van der Waals surface area contributed by atoms with Gasteiger partial charge < -0.3 is 14.5 Å². The second kappa shape index (κ2) is 5.92. The second-order valence-electron chi connectivity index (χ2n) is 4.64. The molecule has 0 aromatic heterocycles. The van der Waals surface area contributed by atoms with E-state index in [1.54, 1.807) is 4.90 Å². The van der Waals surface area contributed by atoms with Crippen LogP contribution in [0.4, 0.5) is 4.79 Å². The van der Waals surface area contributed by atoms with Crippen LogP contribution in [0.15, 0.2) is 0 Å². The highest BCUT2D eigenvalue weighted by molar-refractivity contribution is 5.68. The summed E-state index contributed by atoms with van der Waals surface area (Å²) in [7, 11) is 0. The van der Waals surface area contributed by atoms with Crippen molar-refractivity contribution in [3.05, 3.63) is 0 Å². The SMILES string of the molecule is CC(C)N(CCON)C(=O)OC(C)(C)C. The minimum Gasteiger partial charge on any atom is -0.444 e. The smallest absolute Gasteiger partial charge is 0.410 e. The molecular formula is C10H22N2O3. The van der Waals surface area contributed by atoms with E-state index in [-0.39, 0.29) is 12.1 Å². The molecule has 90 valence electrons. The van der Waals surface area contributed by atoms with Crippen LogP contribution in [0.3, 0.4) is 0 Å². The molecule has 5 nitrogen and oxygen atoms in total. The lowest BCUT2D eigenvalue weighted by molar-refractivity contribution is 0.0109. The number of carbonyl (C=O) groups is 1. The Morgan fingerprint density at radius 2 is 1.93 bits per heavy atom. The molecule has 0 aromatic carbocycles. The maximum Gasteiger partial charge on any atom is 0.410 e. The summed E-state index contributed by atoms with van der Waals surface area (Å²) in [4.78, 5) is 17.7. The molecule has 0 heterocycles. The topological polar surface area (TPSA) is 64.8 Å². The van der Waals surface area contributed by atoms with E-state index in [1.807, 2.05) is 34.6 Å². The lowest BCUT2D eigenvalue weighted by Crippen LogP contribution is -2.42. The third-order valence-corrected chi connectivity index (χ3v) is 1.70. The van der Waals surface area contributed by atoms with E-state index in [0.717, 1.165) is 0 Å². The van der Waals surface area contributed by atoms with E-state index < -0.39 is 5.60 Å². The van der Waals surface area contributed by atoms with Crippen LogP contribution < -0.4 is 5.90 Å². The molecule has 5 heteroatoms. The molecule has 0 radical (unpaired) electrons. The minimum absolute atomic E-state index is 0.0648. The van der Waals surface area contributed by atoms with Crippen LogP contribution >= 0.6 is 0 Å². The van der Waals surface area contributed by atoms with E-state index in [4.69, 9.17) is 10.6 Å². The molecule has 15 heavy (non-hydrogen) atoms. The Bertz CT molecular complexity index is 199. The fourth-order valence-electron chi connectivity index (χ4n) is 1.03. The van der Waals surface area contributed by atoms with E-state index >= 15 is 0 Å². The molecule has 0 aliphatic heterocycles. The standard InChI is InChI=1S/C10H22N2O3/c1-8(2)12(6-7-14-11)9(13)15-10(3,4)5/h8H,6-7,11H2,1-5H3. The van der Waals surface area contributed by atoms with Crippen molar-refractivity contribution in [3.8, 4) is 0 Å². The Labute approximate surface area is 91.5 Å². The normalized spacial score (nSPS) is 11.7. The predicted molar refractivity (Wildman–Crippen MR) is 58.2 cm³/mol. The number of hydrogen-bond acceptors (Lipinski definition) is 4. The molecule has 0 atom stereocenters. The number of amides is 1. The van der Waals surface area contributed by atoms with E-state index in [9.17, 15) is 4.79 Å². The molecular weight excluding hydrogens is 196 g/mol. The van der Waals surface area contributed by atoms with Crippen LogP contribution in [0.2, 0.25) is 0 Å². The number of hydrogen-bond donors (Lipinski definition) is 1. The molecule has 0 saturated carbocycles. The average Bonchev–Trinajstić information content (AvgIpc) is 2.00. The van der Waals surface area contributed by atoms with Crippen molar-refractivity contribution >= 4 is 6.09 Å². The number of nitrogens with zero attached hydrogens (tertiary/aromatic N) is 1. The van der Waals surface area contributed by atoms with Crippen molar-refractivity contribution in [2.24, 2.45) is 5.90 Å². The summed E-state index contributed by atoms with van der Waals surface area (Å²) in [6.45, 7) is 10.1. The molecule has 0 aliphatic carbocycles. The van der Waals surface area contributed by atoms with Gasteiger partial charge in [-0.1, -0.05) is 0 Å². The fourth-order valence-corrected chi connectivity index (χ4v) is 1.03. The first-order valence-corrected chi connectivity index (χ1v) is 5.09. The molecule has 0 aliphatic rings. The molecule has 0 bridgehead atoms. The lowest BCUT2D eigenvalue weighted by Gasteiger charge is -2.29. The van der Waals surface area contributed by atoms with Crippen molar-refractivity contribution in [1.29, 1.82) is 0 Å². The van der Waals surface area contributed by atoms with Gasteiger partial charge in [-0.25, -0.2) is 10.7 Å². The molecule has 0 rings (SSSR count). The maximum atomic E-state index is 11.7. The Hall–Kier alpha value is -0.810. The Morgan fingerprint density at radius 1 is 1.40 bits per heavy atom. The average molecular weight is 218 g/mol. The number of rotatable bonds is 4. The zero-order chi connectivity index (χ0) is 12.1. The van der Waals surface area contributed by atoms with Crippen molar-refractivity contribution in [1.82, 2.24) is 4.90 Å². The summed E-state index contributed by atoms with van der Waals surface area (Å²) in [5, 5.41) is 0. The summed E-state index contributed by atoms with van der Waals surface area (Å²) < 4.78 is 5.25. The van der Waals surface area contributed by atoms with Gasteiger partial charge in [0.15, 0.2) is 0 Å². The summed E-state index contributed by atoms with van der Waals surface area (Å²) in [5.41, 5.74) is -0.478. The molecule has 0 spiro atoms. The van der Waals surface area contributed by atoms with Gasteiger partial charge in [-0.3, -0.25) is 0 Å². The van der Waals surface area contributed by atoms with Gasteiger partial charge in [0, 0.05) is 12.6 Å². The highest BCUT2D eigenvalue weighted by atomic mass is 16.6. The molecule has 2 N–H and O–H groups in total. The first-order valence-electron chi connectivity index (χ1n) is 5.09. The number of carbonyl (C=O) groups excluding carboxylic acids is 1. The lowest BCUT2D eigenvalue weighted by atomic mass is 10.2. The zero-order valence-corrected chi connectivity index (χ0v) is 10.2. The highest BCUT2D eigenvalue weighted by Gasteiger charge is 2.23. The van der Waals surface area contributed by atoms with Crippen molar-refractivity contribution < 1.29 is 14.4 Å². The van der Waals surface area contributed by atoms with E-state index in [0.29, 0.717) is 13.2 Å². The van der Waals surface area contributed by atoms with Crippen LogP contribution in [-0.2, 0) is 9.57 Å². The van der Waals surface area contributed by atoms with Gasteiger partial charge in [0.1, 0.15) is 5.60 Å². The summed E-state index contributed by atoms with van der Waals surface area (Å²) in [5.74, 6) is 4.93. The molecule has 0 fully saturated rings. The number of ether oxygens (including phenoxy) is 1. The molecule has 0 saturated heterocycles. The van der Waals surface area contributed by atoms with Crippen LogP contribution in [0, 0.1) is 0 Å². The summed E-state index contributed by atoms with van der Waals surface area (Å²) in [6.07, 6.45) is -0.338. The van der Waals surface area contributed by atoms with Gasteiger partial charge in [-0.05, 0) is 34.6 Å². The number of nitrogens with two attached hydrogens (primary N) is 1. The van der Waals surface area contributed by atoms with Gasteiger partial charge in [0.2, 0.25) is 0 Å². The van der Waals surface area contributed by atoms with Crippen LogP contribution in [0.5, 0.6) is 0 Å². The summed E-state index contributed by atoms with van der Waals surface area (Å²) in [6, 6.07) is 0.0648.